The predicted molar refractivity (Wildman–Crippen MR) is 43.3 cm³/mol. The summed E-state index contributed by atoms with van der Waals surface area (Å²) in [5.41, 5.74) is 0. The first kappa shape index (κ1) is 8.74. The summed E-state index contributed by atoms with van der Waals surface area (Å²) in [5.74, 6) is 1.56. The fourth-order valence-electron chi connectivity index (χ4n) is 0.827. The van der Waals surface area contributed by atoms with Gasteiger partial charge < -0.3 is 0 Å². The Hall–Kier alpha value is -0.260. The molecule has 0 saturated carbocycles. The third-order valence-electron chi connectivity index (χ3n) is 1.45. The van der Waals surface area contributed by atoms with Gasteiger partial charge in [-0.2, -0.15) is 0 Å². The predicted octanol–water partition coefficient (Wildman–Crippen LogP) is 3.35. The highest BCUT2D eigenvalue weighted by Crippen LogP contribution is 2.13. The van der Waals surface area contributed by atoms with E-state index in [2.05, 4.69) is 20.4 Å². The summed E-state index contributed by atoms with van der Waals surface area (Å²) < 4.78 is 0. The van der Waals surface area contributed by atoms with E-state index < -0.39 is 0 Å². The van der Waals surface area contributed by atoms with Crippen molar-refractivity contribution in [1.82, 2.24) is 0 Å². The summed E-state index contributed by atoms with van der Waals surface area (Å²) in [7, 11) is 0. The molecule has 0 fully saturated rings. The van der Waals surface area contributed by atoms with E-state index in [0.717, 1.165) is 6.42 Å². The van der Waals surface area contributed by atoms with Crippen molar-refractivity contribution in [1.29, 1.82) is 0 Å². The van der Waals surface area contributed by atoms with Crippen molar-refractivity contribution in [2.45, 2.75) is 39.5 Å². The normalized spacial score (nSPS) is 10.1. The molecule has 0 saturated heterocycles. The van der Waals surface area contributed by atoms with Gasteiger partial charge in [0.05, 0.1) is 0 Å². The van der Waals surface area contributed by atoms with Gasteiger partial charge in [0.2, 0.25) is 0 Å². The molecular weight excluding hydrogens is 108 g/mol. The van der Waals surface area contributed by atoms with Gasteiger partial charge >= 0.3 is 0 Å². The maximum atomic E-state index is 3.69. The Morgan fingerprint density at radius 3 is 2.67 bits per heavy atom. The molecule has 1 radical (unpaired) electrons. The van der Waals surface area contributed by atoms with Gasteiger partial charge in [-0.3, -0.25) is 0 Å². The van der Waals surface area contributed by atoms with Crippen LogP contribution in [-0.2, 0) is 0 Å². The third kappa shape index (κ3) is 5.61. The molecule has 0 amide bonds. The van der Waals surface area contributed by atoms with Crippen LogP contribution in [0.3, 0.4) is 0 Å². The summed E-state index contributed by atoms with van der Waals surface area (Å²) in [6, 6.07) is 0. The van der Waals surface area contributed by atoms with E-state index in [-0.39, 0.29) is 0 Å². The van der Waals surface area contributed by atoms with Crippen LogP contribution in [0.15, 0.2) is 12.7 Å². The summed E-state index contributed by atoms with van der Waals surface area (Å²) in [4.78, 5) is 0. The zero-order chi connectivity index (χ0) is 7.11. The van der Waals surface area contributed by atoms with Crippen LogP contribution < -0.4 is 0 Å². The lowest BCUT2D eigenvalue weighted by molar-refractivity contribution is 0.708. The molecule has 0 nitrogen and oxygen atoms in total. The van der Waals surface area contributed by atoms with Crippen LogP contribution in [0.1, 0.15) is 39.5 Å². The van der Waals surface area contributed by atoms with E-state index in [9.17, 15) is 0 Å². The van der Waals surface area contributed by atoms with E-state index in [0.29, 0.717) is 0 Å². The molecule has 0 aromatic heterocycles. The number of allylic oxidation sites excluding steroid dienone is 1. The highest BCUT2D eigenvalue weighted by Gasteiger charge is 1.96. The Labute approximate surface area is 59.0 Å². The van der Waals surface area contributed by atoms with E-state index in [1.807, 2.05) is 6.08 Å². The van der Waals surface area contributed by atoms with Crippen LogP contribution in [0.25, 0.3) is 0 Å². The van der Waals surface area contributed by atoms with E-state index in [1.165, 1.54) is 19.3 Å². The molecule has 0 spiro atoms. The second-order valence-corrected chi connectivity index (χ2v) is 2.55. The van der Waals surface area contributed by atoms with Crippen molar-refractivity contribution in [3.63, 3.8) is 0 Å². The fraction of sp³-hybridized carbons (Fsp3) is 0.667. The van der Waals surface area contributed by atoms with Crippen LogP contribution in [0.5, 0.6) is 0 Å². The lowest BCUT2D eigenvalue weighted by atomic mass is 10.0. The van der Waals surface area contributed by atoms with Crippen LogP contribution in [-0.4, -0.2) is 0 Å². The van der Waals surface area contributed by atoms with Gasteiger partial charge in [-0.25, -0.2) is 0 Å². The van der Waals surface area contributed by atoms with Crippen molar-refractivity contribution in [2.75, 3.05) is 0 Å². The molecular formula is C9H17. The van der Waals surface area contributed by atoms with E-state index in [4.69, 9.17) is 0 Å². The highest BCUT2D eigenvalue weighted by atomic mass is 14.0. The first-order chi connectivity index (χ1) is 4.31. The Balaban J connectivity index is 3.04. The van der Waals surface area contributed by atoms with Gasteiger partial charge in [-0.05, 0) is 18.8 Å². The quantitative estimate of drug-likeness (QED) is 0.494. The minimum Gasteiger partial charge on any atom is -0.103 e. The minimum absolute atomic E-state index is 1.10. The van der Waals surface area contributed by atoms with Crippen LogP contribution in [0, 0.1) is 5.92 Å². The van der Waals surface area contributed by atoms with E-state index >= 15 is 0 Å². The van der Waals surface area contributed by atoms with Gasteiger partial charge in [0.15, 0.2) is 0 Å². The van der Waals surface area contributed by atoms with Crippen molar-refractivity contribution in [3.8, 4) is 0 Å². The second-order valence-electron chi connectivity index (χ2n) is 2.55. The van der Waals surface area contributed by atoms with Crippen molar-refractivity contribution in [2.24, 2.45) is 0 Å². The molecule has 0 bridgehead atoms. The molecule has 9 heavy (non-hydrogen) atoms. The fourth-order valence-corrected chi connectivity index (χ4v) is 0.827. The number of unbranched alkanes of at least 4 members (excludes halogenated alkanes) is 1. The largest absolute Gasteiger partial charge is 0.103 e. The monoisotopic (exact) mass is 125 g/mol. The molecule has 0 aromatic carbocycles. The third-order valence-corrected chi connectivity index (χ3v) is 1.45. The smallest absolute Gasteiger partial charge is 0.0235 e. The van der Waals surface area contributed by atoms with Gasteiger partial charge in [-0.1, -0.05) is 32.8 Å². The van der Waals surface area contributed by atoms with Crippen molar-refractivity contribution in [3.05, 3.63) is 18.6 Å². The highest BCUT2D eigenvalue weighted by molar-refractivity contribution is 4.90. The molecule has 0 heterocycles. The van der Waals surface area contributed by atoms with E-state index in [1.54, 1.807) is 5.92 Å². The van der Waals surface area contributed by atoms with Crippen molar-refractivity contribution < 1.29 is 0 Å². The molecule has 0 unspecified atom stereocenters. The molecule has 0 rings (SSSR count). The van der Waals surface area contributed by atoms with Crippen LogP contribution in [0.4, 0.5) is 0 Å². The molecule has 0 aliphatic heterocycles. The standard InChI is InChI=1S/C9H17/c1-4-6-8-9(3)7-5-2/h5H,2,4,6-8H2,1,3H3. The van der Waals surface area contributed by atoms with Gasteiger partial charge in [0.1, 0.15) is 0 Å². The number of hydrogen-bond acceptors (Lipinski definition) is 0. The molecule has 0 aliphatic rings. The number of hydrogen-bond donors (Lipinski definition) is 0. The molecule has 0 heteroatoms. The maximum absolute atomic E-state index is 3.69. The first-order valence-electron chi connectivity index (χ1n) is 3.73. The SMILES string of the molecule is C=CC[C](C)CCCC. The Morgan fingerprint density at radius 1 is 1.56 bits per heavy atom. The van der Waals surface area contributed by atoms with Gasteiger partial charge in [-0.15, -0.1) is 6.58 Å². The zero-order valence-corrected chi connectivity index (χ0v) is 6.61. The number of rotatable bonds is 5. The second kappa shape index (κ2) is 5.87. The van der Waals surface area contributed by atoms with Gasteiger partial charge in [0, 0.05) is 0 Å². The summed E-state index contributed by atoms with van der Waals surface area (Å²) in [5, 5.41) is 0. The summed E-state index contributed by atoms with van der Waals surface area (Å²) in [6.45, 7) is 8.12. The molecule has 0 N–H and O–H groups in total. The maximum Gasteiger partial charge on any atom is -0.0235 e. The van der Waals surface area contributed by atoms with Gasteiger partial charge in [0.25, 0.3) is 0 Å². The lowest BCUT2D eigenvalue weighted by Crippen LogP contribution is -1.87. The summed E-state index contributed by atoms with van der Waals surface area (Å²) in [6.07, 6.45) is 6.99. The lowest BCUT2D eigenvalue weighted by Gasteiger charge is -2.04. The Kier molecular flexibility index (Phi) is 5.70. The summed E-state index contributed by atoms with van der Waals surface area (Å²) >= 11 is 0. The molecule has 0 atom stereocenters. The Morgan fingerprint density at radius 2 is 2.22 bits per heavy atom. The average molecular weight is 125 g/mol. The topological polar surface area (TPSA) is 0 Å². The minimum atomic E-state index is 1.10. The Bertz CT molecular complexity index is 64.4. The average Bonchev–Trinajstić information content (AvgIpc) is 1.85. The van der Waals surface area contributed by atoms with Crippen molar-refractivity contribution >= 4 is 0 Å². The first-order valence-corrected chi connectivity index (χ1v) is 3.73. The molecule has 53 valence electrons. The van der Waals surface area contributed by atoms with Crippen LogP contribution in [0.2, 0.25) is 0 Å². The zero-order valence-electron chi connectivity index (χ0n) is 6.61. The molecule has 0 aliphatic carbocycles. The molecule has 0 aromatic rings. The van der Waals surface area contributed by atoms with Crippen LogP contribution >= 0.6 is 0 Å².